The molecular formula is C14H19ClN2O. The zero-order valence-corrected chi connectivity index (χ0v) is 11.3. The standard InChI is InChI=1S/C14H19ClN2O/c1-10(8-11-4-2-3-5-13(11)15)17-14(18)12-6-7-16-9-12/h2-5,10,12,16H,6-9H2,1H3,(H,17,18)/t10-,12+/m1/s1. The van der Waals surface area contributed by atoms with Gasteiger partial charge in [-0.05, 0) is 37.9 Å². The van der Waals surface area contributed by atoms with Crippen molar-refractivity contribution >= 4 is 17.5 Å². The summed E-state index contributed by atoms with van der Waals surface area (Å²) in [7, 11) is 0. The van der Waals surface area contributed by atoms with Crippen molar-refractivity contribution in [3.05, 3.63) is 34.9 Å². The third kappa shape index (κ3) is 3.47. The fourth-order valence-electron chi connectivity index (χ4n) is 2.28. The number of rotatable bonds is 4. The van der Waals surface area contributed by atoms with Gasteiger partial charge in [-0.15, -0.1) is 0 Å². The average molecular weight is 267 g/mol. The minimum atomic E-state index is 0.109. The zero-order valence-electron chi connectivity index (χ0n) is 10.6. The maximum Gasteiger partial charge on any atom is 0.224 e. The molecular weight excluding hydrogens is 248 g/mol. The van der Waals surface area contributed by atoms with Gasteiger partial charge in [-0.1, -0.05) is 29.8 Å². The monoisotopic (exact) mass is 266 g/mol. The van der Waals surface area contributed by atoms with Gasteiger partial charge in [-0.3, -0.25) is 4.79 Å². The Labute approximate surface area is 113 Å². The van der Waals surface area contributed by atoms with E-state index in [9.17, 15) is 4.79 Å². The predicted octanol–water partition coefficient (Wildman–Crippen LogP) is 2.00. The van der Waals surface area contributed by atoms with Crippen molar-refractivity contribution in [2.75, 3.05) is 13.1 Å². The lowest BCUT2D eigenvalue weighted by Crippen LogP contribution is -2.39. The van der Waals surface area contributed by atoms with Crippen molar-refractivity contribution in [2.45, 2.75) is 25.8 Å². The summed E-state index contributed by atoms with van der Waals surface area (Å²) in [5.74, 6) is 0.276. The Kier molecular flexibility index (Phi) is 4.61. The van der Waals surface area contributed by atoms with Crippen LogP contribution in [0, 0.1) is 5.92 Å². The van der Waals surface area contributed by atoms with Crippen LogP contribution in [0.1, 0.15) is 18.9 Å². The molecule has 1 saturated heterocycles. The number of hydrogen-bond acceptors (Lipinski definition) is 2. The average Bonchev–Trinajstić information content (AvgIpc) is 2.85. The Hall–Kier alpha value is -1.06. The molecule has 0 aliphatic carbocycles. The van der Waals surface area contributed by atoms with Crippen LogP contribution < -0.4 is 10.6 Å². The predicted molar refractivity (Wildman–Crippen MR) is 73.7 cm³/mol. The molecule has 0 unspecified atom stereocenters. The van der Waals surface area contributed by atoms with E-state index in [4.69, 9.17) is 11.6 Å². The van der Waals surface area contributed by atoms with Gasteiger partial charge in [0.2, 0.25) is 5.91 Å². The lowest BCUT2D eigenvalue weighted by atomic mass is 10.0. The fourth-order valence-corrected chi connectivity index (χ4v) is 2.50. The summed E-state index contributed by atoms with van der Waals surface area (Å²) >= 11 is 6.11. The molecule has 1 aromatic rings. The number of nitrogens with one attached hydrogen (secondary N) is 2. The minimum Gasteiger partial charge on any atom is -0.353 e. The van der Waals surface area contributed by atoms with Crippen LogP contribution in [0.25, 0.3) is 0 Å². The van der Waals surface area contributed by atoms with Crippen molar-refractivity contribution in [3.63, 3.8) is 0 Å². The molecule has 0 saturated carbocycles. The van der Waals surface area contributed by atoms with E-state index in [0.29, 0.717) is 0 Å². The number of hydrogen-bond donors (Lipinski definition) is 2. The van der Waals surface area contributed by atoms with Crippen molar-refractivity contribution in [1.82, 2.24) is 10.6 Å². The van der Waals surface area contributed by atoms with Gasteiger partial charge in [0.1, 0.15) is 0 Å². The van der Waals surface area contributed by atoms with Crippen LogP contribution in [-0.4, -0.2) is 25.0 Å². The van der Waals surface area contributed by atoms with Gasteiger partial charge in [0.25, 0.3) is 0 Å². The van der Waals surface area contributed by atoms with E-state index in [1.165, 1.54) is 0 Å². The molecule has 1 fully saturated rings. The van der Waals surface area contributed by atoms with E-state index in [-0.39, 0.29) is 17.9 Å². The van der Waals surface area contributed by atoms with Crippen LogP contribution in [0.5, 0.6) is 0 Å². The first-order chi connectivity index (χ1) is 8.66. The lowest BCUT2D eigenvalue weighted by Gasteiger charge is -2.17. The summed E-state index contributed by atoms with van der Waals surface area (Å²) in [5, 5.41) is 7.03. The normalized spacial score (nSPS) is 20.7. The molecule has 1 aliphatic heterocycles. The molecule has 2 N–H and O–H groups in total. The highest BCUT2D eigenvalue weighted by Crippen LogP contribution is 2.17. The largest absolute Gasteiger partial charge is 0.353 e. The van der Waals surface area contributed by atoms with Gasteiger partial charge in [-0.25, -0.2) is 0 Å². The molecule has 1 heterocycles. The highest BCUT2D eigenvalue weighted by molar-refractivity contribution is 6.31. The van der Waals surface area contributed by atoms with Crippen LogP contribution in [0.15, 0.2) is 24.3 Å². The summed E-state index contributed by atoms with van der Waals surface area (Å²) in [6.45, 7) is 3.76. The van der Waals surface area contributed by atoms with Gasteiger partial charge in [0.15, 0.2) is 0 Å². The number of amides is 1. The summed E-state index contributed by atoms with van der Waals surface area (Å²) in [5.41, 5.74) is 1.08. The molecule has 0 bridgehead atoms. The Morgan fingerprint density at radius 2 is 2.33 bits per heavy atom. The summed E-state index contributed by atoms with van der Waals surface area (Å²) < 4.78 is 0. The van der Waals surface area contributed by atoms with Gasteiger partial charge in [-0.2, -0.15) is 0 Å². The fraction of sp³-hybridized carbons (Fsp3) is 0.500. The van der Waals surface area contributed by atoms with Crippen molar-refractivity contribution < 1.29 is 4.79 Å². The summed E-state index contributed by atoms with van der Waals surface area (Å²) in [4.78, 5) is 11.9. The number of halogens is 1. The SMILES string of the molecule is C[C@H](Cc1ccccc1Cl)NC(=O)[C@H]1CCNC1. The van der Waals surface area contributed by atoms with Crippen LogP contribution in [0.2, 0.25) is 5.02 Å². The van der Waals surface area contributed by atoms with E-state index in [1.54, 1.807) is 0 Å². The number of carbonyl (C=O) groups excluding carboxylic acids is 1. The third-order valence-corrected chi connectivity index (χ3v) is 3.67. The van der Waals surface area contributed by atoms with E-state index in [1.807, 2.05) is 31.2 Å². The Morgan fingerprint density at radius 1 is 1.56 bits per heavy atom. The second-order valence-corrected chi connectivity index (χ2v) is 5.30. The van der Waals surface area contributed by atoms with E-state index in [2.05, 4.69) is 10.6 Å². The highest BCUT2D eigenvalue weighted by atomic mass is 35.5. The van der Waals surface area contributed by atoms with Gasteiger partial charge in [0.05, 0.1) is 5.92 Å². The molecule has 0 aromatic heterocycles. The molecule has 1 aromatic carbocycles. The topological polar surface area (TPSA) is 41.1 Å². The van der Waals surface area contributed by atoms with Crippen LogP contribution >= 0.6 is 11.6 Å². The summed E-state index contributed by atoms with van der Waals surface area (Å²) in [6, 6.07) is 7.88. The van der Waals surface area contributed by atoms with Crippen molar-refractivity contribution in [3.8, 4) is 0 Å². The second-order valence-electron chi connectivity index (χ2n) is 4.89. The Morgan fingerprint density at radius 3 is 3.00 bits per heavy atom. The van der Waals surface area contributed by atoms with Crippen LogP contribution in [0.3, 0.4) is 0 Å². The van der Waals surface area contributed by atoms with Gasteiger partial charge < -0.3 is 10.6 Å². The maximum atomic E-state index is 11.9. The quantitative estimate of drug-likeness (QED) is 0.875. The molecule has 2 atom stereocenters. The van der Waals surface area contributed by atoms with Gasteiger partial charge in [0, 0.05) is 17.6 Å². The first-order valence-electron chi connectivity index (χ1n) is 6.41. The van der Waals surface area contributed by atoms with E-state index in [0.717, 1.165) is 36.5 Å². The van der Waals surface area contributed by atoms with Crippen molar-refractivity contribution in [2.24, 2.45) is 5.92 Å². The highest BCUT2D eigenvalue weighted by Gasteiger charge is 2.23. The van der Waals surface area contributed by atoms with E-state index >= 15 is 0 Å². The summed E-state index contributed by atoms with van der Waals surface area (Å²) in [6.07, 6.45) is 1.70. The molecule has 98 valence electrons. The molecule has 18 heavy (non-hydrogen) atoms. The maximum absolute atomic E-state index is 11.9. The zero-order chi connectivity index (χ0) is 13.0. The van der Waals surface area contributed by atoms with E-state index < -0.39 is 0 Å². The lowest BCUT2D eigenvalue weighted by molar-refractivity contribution is -0.125. The molecule has 1 aliphatic rings. The minimum absolute atomic E-state index is 0.109. The van der Waals surface area contributed by atoms with Crippen LogP contribution in [0.4, 0.5) is 0 Å². The molecule has 0 radical (unpaired) electrons. The third-order valence-electron chi connectivity index (χ3n) is 3.30. The van der Waals surface area contributed by atoms with Crippen LogP contribution in [-0.2, 0) is 11.2 Å². The first kappa shape index (κ1) is 13.4. The molecule has 3 nitrogen and oxygen atoms in total. The Bertz CT molecular complexity index is 416. The molecule has 1 amide bonds. The molecule has 0 spiro atoms. The number of benzene rings is 1. The second kappa shape index (κ2) is 6.21. The van der Waals surface area contributed by atoms with Crippen molar-refractivity contribution in [1.29, 1.82) is 0 Å². The smallest absolute Gasteiger partial charge is 0.224 e. The molecule has 4 heteroatoms. The molecule has 2 rings (SSSR count). The van der Waals surface area contributed by atoms with Gasteiger partial charge >= 0.3 is 0 Å². The number of carbonyl (C=O) groups is 1. The first-order valence-corrected chi connectivity index (χ1v) is 6.79. The Balaban J connectivity index is 1.86.